The number of H-pyrrole nitrogens is 3. The summed E-state index contributed by atoms with van der Waals surface area (Å²) in [5.74, 6) is -2.18. The summed E-state index contributed by atoms with van der Waals surface area (Å²) >= 11 is 0. The summed E-state index contributed by atoms with van der Waals surface area (Å²) in [5, 5.41) is 17.9. The van der Waals surface area contributed by atoms with Crippen molar-refractivity contribution in [1.29, 1.82) is 0 Å². The number of nitrogens with zero attached hydrogens (tertiary/aromatic N) is 1. The van der Waals surface area contributed by atoms with Crippen LogP contribution in [0.15, 0.2) is 57.0 Å². The molecule has 37 heavy (non-hydrogen) atoms. The van der Waals surface area contributed by atoms with Crippen molar-refractivity contribution in [2.75, 3.05) is 0 Å². The van der Waals surface area contributed by atoms with Crippen molar-refractivity contribution in [3.05, 3.63) is 84.8 Å². The van der Waals surface area contributed by atoms with Crippen molar-refractivity contribution in [2.45, 2.75) is 37.8 Å². The van der Waals surface area contributed by atoms with E-state index in [9.17, 15) is 24.0 Å². The zero-order chi connectivity index (χ0) is 27.5. The van der Waals surface area contributed by atoms with E-state index in [0.29, 0.717) is 27.6 Å². The van der Waals surface area contributed by atoms with Crippen LogP contribution >= 0.6 is 0 Å². The Morgan fingerprint density at radius 1 is 0.784 bits per heavy atom. The lowest BCUT2D eigenvalue weighted by atomic mass is 9.94. The Morgan fingerprint density at radius 3 is 1.81 bits per heavy atom. The number of carbonyl (C=O) groups is 2. The highest BCUT2D eigenvalue weighted by atomic mass is 16.4. The molecule has 0 amide bonds. The summed E-state index contributed by atoms with van der Waals surface area (Å²) in [6.07, 6.45) is 1.49. The second-order valence-corrected chi connectivity index (χ2v) is 9.19. The number of rotatable bonds is 6. The topological polar surface area (TPSA) is 238 Å². The number of hydrogen-bond donors (Lipinski definition) is 7. The van der Waals surface area contributed by atoms with Gasteiger partial charge in [0.15, 0.2) is 0 Å². The zero-order valence-corrected chi connectivity index (χ0v) is 20.0. The molecule has 0 spiro atoms. The molecule has 13 heteroatoms. The minimum Gasteiger partial charge on any atom is -0.480 e. The molecule has 0 aliphatic heterocycles. The molecule has 9 N–H and O–H groups in total. The van der Waals surface area contributed by atoms with E-state index in [1.54, 1.807) is 36.4 Å². The van der Waals surface area contributed by atoms with Gasteiger partial charge >= 0.3 is 23.1 Å². The molecule has 0 fully saturated rings. The first-order valence-electron chi connectivity index (χ1n) is 11.0. The van der Waals surface area contributed by atoms with E-state index in [0.717, 1.165) is 5.56 Å². The highest BCUT2D eigenvalue weighted by Gasteiger charge is 2.29. The fourth-order valence-electron chi connectivity index (χ4n) is 3.47. The largest absolute Gasteiger partial charge is 0.480 e. The van der Waals surface area contributed by atoms with Crippen molar-refractivity contribution < 1.29 is 19.8 Å². The number of nitrogens with two attached hydrogens (primary N) is 2. The molecule has 4 aromatic rings. The number of fused-ring (bicyclic) bond motifs is 2. The van der Waals surface area contributed by atoms with E-state index < -0.39 is 34.1 Å². The number of aromatic amines is 3. The van der Waals surface area contributed by atoms with Crippen molar-refractivity contribution in [2.24, 2.45) is 11.5 Å². The molecule has 0 aliphatic carbocycles. The number of hydrogen-bond acceptors (Lipinski definition) is 8. The number of carboxylic acid groups (broad SMARTS) is 2. The third-order valence-electron chi connectivity index (χ3n) is 5.55. The van der Waals surface area contributed by atoms with Crippen LogP contribution in [0.2, 0.25) is 0 Å². The number of aliphatic carboxylic acids is 2. The van der Waals surface area contributed by atoms with E-state index in [1.165, 1.54) is 20.0 Å². The molecule has 2 atom stereocenters. The normalized spacial score (nSPS) is 14.3. The molecule has 2 aromatic carbocycles. The molecule has 0 aliphatic rings. The molecule has 2 heterocycles. The highest BCUT2D eigenvalue weighted by molar-refractivity contribution is 5.80. The Bertz CT molecular complexity index is 1670. The van der Waals surface area contributed by atoms with Crippen LogP contribution in [0.1, 0.15) is 25.0 Å². The first kappa shape index (κ1) is 27.0. The predicted molar refractivity (Wildman–Crippen MR) is 135 cm³/mol. The fourth-order valence-corrected chi connectivity index (χ4v) is 3.47. The van der Waals surface area contributed by atoms with Gasteiger partial charge in [0.2, 0.25) is 0 Å². The second kappa shape index (κ2) is 10.2. The summed E-state index contributed by atoms with van der Waals surface area (Å²) in [6, 6.07) is 10.0. The minimum absolute atomic E-state index is 0.111. The van der Waals surface area contributed by atoms with Gasteiger partial charge in [-0.25, -0.2) is 4.98 Å². The number of aromatic nitrogens is 4. The van der Waals surface area contributed by atoms with E-state index in [4.69, 9.17) is 21.7 Å². The zero-order valence-electron chi connectivity index (χ0n) is 20.0. The van der Waals surface area contributed by atoms with Crippen molar-refractivity contribution in [1.82, 2.24) is 19.9 Å². The van der Waals surface area contributed by atoms with Crippen LogP contribution in [0.5, 0.6) is 0 Å². The predicted octanol–water partition coefficient (Wildman–Crippen LogP) is -0.171. The van der Waals surface area contributed by atoms with Crippen LogP contribution in [0, 0.1) is 0 Å². The summed E-state index contributed by atoms with van der Waals surface area (Å²) in [4.78, 5) is 66.9. The lowest BCUT2D eigenvalue weighted by molar-refractivity contribution is -0.143. The van der Waals surface area contributed by atoms with Crippen molar-refractivity contribution in [3.63, 3.8) is 0 Å². The molecule has 194 valence electrons. The fraction of sp³-hybridized carbons (Fsp3) is 0.250. The van der Waals surface area contributed by atoms with Gasteiger partial charge in [0, 0.05) is 12.8 Å². The third-order valence-corrected chi connectivity index (χ3v) is 5.55. The Hall–Kier alpha value is -4.62. The molecule has 0 bridgehead atoms. The summed E-state index contributed by atoms with van der Waals surface area (Å²) in [6.45, 7) is 2.86. The Morgan fingerprint density at radius 2 is 1.27 bits per heavy atom. The quantitative estimate of drug-likeness (QED) is 0.169. The van der Waals surface area contributed by atoms with Crippen LogP contribution in [0.4, 0.5) is 0 Å². The summed E-state index contributed by atoms with van der Waals surface area (Å²) in [5.41, 5.74) is 10.3. The van der Waals surface area contributed by atoms with Crippen LogP contribution in [0.25, 0.3) is 22.1 Å². The first-order chi connectivity index (χ1) is 17.2. The SMILES string of the molecule is CC(N)(Cc1ccc2[nH]c(=O)c(=O)[nH]c2c1)C(=O)O.CC(N)(Cc1ccc2ncc(=O)[nH]c2c1)C(=O)O. The van der Waals surface area contributed by atoms with E-state index >= 15 is 0 Å². The number of carboxylic acids is 2. The number of nitrogens with one attached hydrogen (secondary N) is 3. The van der Waals surface area contributed by atoms with Gasteiger partial charge in [-0.05, 0) is 49.2 Å². The summed E-state index contributed by atoms with van der Waals surface area (Å²) < 4.78 is 0. The Labute approximate surface area is 208 Å². The average Bonchev–Trinajstić information content (AvgIpc) is 2.79. The summed E-state index contributed by atoms with van der Waals surface area (Å²) in [7, 11) is 0. The van der Waals surface area contributed by atoms with Crippen LogP contribution in [-0.2, 0) is 22.4 Å². The maximum absolute atomic E-state index is 11.2. The minimum atomic E-state index is -1.39. The lowest BCUT2D eigenvalue weighted by Crippen LogP contribution is -2.46. The third kappa shape index (κ3) is 6.54. The molecule has 13 nitrogen and oxygen atoms in total. The van der Waals surface area contributed by atoms with Crippen molar-refractivity contribution in [3.8, 4) is 0 Å². The molecular weight excluding hydrogens is 484 g/mol. The van der Waals surface area contributed by atoms with Gasteiger partial charge in [-0.2, -0.15) is 0 Å². The van der Waals surface area contributed by atoms with Crippen LogP contribution in [-0.4, -0.2) is 53.2 Å². The molecule has 0 saturated carbocycles. The lowest BCUT2D eigenvalue weighted by Gasteiger charge is -2.19. The van der Waals surface area contributed by atoms with Gasteiger partial charge < -0.3 is 36.6 Å². The van der Waals surface area contributed by atoms with Gasteiger partial charge in [0.05, 0.1) is 28.3 Å². The molecule has 0 saturated heterocycles. The molecule has 0 radical (unpaired) electrons. The molecule has 2 unspecified atom stereocenters. The smallest absolute Gasteiger partial charge is 0.323 e. The maximum atomic E-state index is 11.2. The Balaban J connectivity index is 0.000000206. The van der Waals surface area contributed by atoms with Gasteiger partial charge in [-0.3, -0.25) is 24.0 Å². The number of benzene rings is 2. The van der Waals surface area contributed by atoms with E-state index in [2.05, 4.69) is 19.9 Å². The monoisotopic (exact) mass is 510 g/mol. The van der Waals surface area contributed by atoms with Gasteiger partial charge in [0.1, 0.15) is 11.1 Å². The first-order valence-corrected chi connectivity index (χ1v) is 11.0. The standard InChI is InChI=1S/C12H13N3O4.C12H13N3O3/c1-12(13,11(18)19)5-6-2-3-7-8(4-6)15-10(17)9(16)14-7;1-12(13,11(17)18)5-7-2-3-8-9(4-7)15-10(16)6-14-8/h2-4H,5,13H2,1H3,(H,14,16)(H,15,17)(H,18,19);2-4,6H,5,13H2,1H3,(H,15,16)(H,17,18). The average molecular weight is 511 g/mol. The van der Waals surface area contributed by atoms with Crippen molar-refractivity contribution >= 4 is 34.0 Å². The van der Waals surface area contributed by atoms with Crippen LogP contribution in [0.3, 0.4) is 0 Å². The molecular formula is C24H26N6O7. The van der Waals surface area contributed by atoms with Crippen LogP contribution < -0.4 is 28.1 Å². The van der Waals surface area contributed by atoms with Gasteiger partial charge in [-0.15, -0.1) is 0 Å². The molecule has 2 aromatic heterocycles. The Kier molecular flexibility index (Phi) is 7.41. The van der Waals surface area contributed by atoms with E-state index in [-0.39, 0.29) is 18.4 Å². The highest BCUT2D eigenvalue weighted by Crippen LogP contribution is 2.16. The second-order valence-electron chi connectivity index (χ2n) is 9.19. The molecule has 4 rings (SSSR count). The van der Waals surface area contributed by atoms with Gasteiger partial charge in [-0.1, -0.05) is 12.1 Å². The van der Waals surface area contributed by atoms with Gasteiger partial charge in [0.25, 0.3) is 5.56 Å². The van der Waals surface area contributed by atoms with E-state index in [1.807, 2.05) is 0 Å². The maximum Gasteiger partial charge on any atom is 0.323 e.